The molecule has 2 saturated heterocycles. The summed E-state index contributed by atoms with van der Waals surface area (Å²) in [5, 5.41) is 3.44. The highest BCUT2D eigenvalue weighted by Crippen LogP contribution is 2.22. The Kier molecular flexibility index (Phi) is 5.99. The Bertz CT molecular complexity index is 719. The van der Waals surface area contributed by atoms with E-state index >= 15 is 0 Å². The summed E-state index contributed by atoms with van der Waals surface area (Å²) in [6, 6.07) is 6.81. The van der Waals surface area contributed by atoms with Crippen molar-refractivity contribution in [3.05, 3.63) is 34.9 Å². The Hall–Kier alpha value is -1.15. The van der Waals surface area contributed by atoms with Crippen molar-refractivity contribution in [2.75, 3.05) is 31.2 Å². The second-order valence-corrected chi connectivity index (χ2v) is 9.21. The molecule has 0 aliphatic carbocycles. The minimum atomic E-state index is -3.11. The largest absolute Gasteiger partial charge is 0.367 e. The number of carbonyl (C=O) groups is 1. The number of sulfone groups is 1. The fourth-order valence-corrected chi connectivity index (χ4v) is 5.66. The summed E-state index contributed by atoms with van der Waals surface area (Å²) in [7, 11) is -3.11. The Labute approximate surface area is 153 Å². The van der Waals surface area contributed by atoms with Gasteiger partial charge in [-0.15, -0.1) is 0 Å². The van der Waals surface area contributed by atoms with Crippen molar-refractivity contribution in [3.8, 4) is 0 Å². The number of nitrogens with zero attached hydrogens (tertiary/aromatic N) is 1. The molecule has 0 spiro atoms. The van der Waals surface area contributed by atoms with E-state index in [1.807, 2.05) is 18.2 Å². The molecule has 2 aliphatic rings. The van der Waals surface area contributed by atoms with Gasteiger partial charge in [-0.05, 0) is 37.6 Å². The van der Waals surface area contributed by atoms with E-state index in [0.717, 1.165) is 31.5 Å². The first-order valence-corrected chi connectivity index (χ1v) is 10.7. The maximum absolute atomic E-state index is 12.2. The van der Waals surface area contributed by atoms with Crippen LogP contribution in [0.3, 0.4) is 0 Å². The fraction of sp³-hybridized carbons (Fsp3) is 0.588. The van der Waals surface area contributed by atoms with Gasteiger partial charge < -0.3 is 10.1 Å². The first-order valence-electron chi connectivity index (χ1n) is 8.49. The Balaban J connectivity index is 1.51. The number of nitrogens with one attached hydrogen (secondary N) is 1. The van der Waals surface area contributed by atoms with Crippen LogP contribution in [0.2, 0.25) is 5.02 Å². The molecule has 0 bridgehead atoms. The van der Waals surface area contributed by atoms with Crippen molar-refractivity contribution in [3.63, 3.8) is 0 Å². The van der Waals surface area contributed by atoms with E-state index in [0.29, 0.717) is 5.02 Å². The highest BCUT2D eigenvalue weighted by molar-refractivity contribution is 7.91. The third kappa shape index (κ3) is 4.94. The standard InChI is InChI=1S/C17H23ClN2O4S/c18-14-6-2-1-5-13(14)9-24-10-17(21)19-15-11-25(22,23)12-16(15)20-7-3-4-8-20/h1-2,5-6,15-16H,3-4,7-12H2,(H,19,21). The molecule has 1 aromatic rings. The van der Waals surface area contributed by atoms with Gasteiger partial charge >= 0.3 is 0 Å². The topological polar surface area (TPSA) is 75.7 Å². The van der Waals surface area contributed by atoms with Crippen LogP contribution in [0.1, 0.15) is 18.4 Å². The molecule has 2 fully saturated rings. The van der Waals surface area contributed by atoms with E-state index in [4.69, 9.17) is 16.3 Å². The summed E-state index contributed by atoms with van der Waals surface area (Å²) >= 11 is 6.05. The summed E-state index contributed by atoms with van der Waals surface area (Å²) < 4.78 is 29.4. The molecule has 138 valence electrons. The molecule has 3 rings (SSSR count). The molecule has 1 N–H and O–H groups in total. The van der Waals surface area contributed by atoms with Crippen LogP contribution in [0.5, 0.6) is 0 Å². The van der Waals surface area contributed by atoms with Gasteiger partial charge in [-0.1, -0.05) is 29.8 Å². The van der Waals surface area contributed by atoms with Crippen LogP contribution in [0.25, 0.3) is 0 Å². The van der Waals surface area contributed by atoms with Gasteiger partial charge in [-0.3, -0.25) is 9.69 Å². The van der Waals surface area contributed by atoms with Crippen molar-refractivity contribution in [2.24, 2.45) is 0 Å². The summed E-state index contributed by atoms with van der Waals surface area (Å²) in [6.45, 7) is 1.92. The lowest BCUT2D eigenvalue weighted by Gasteiger charge is -2.28. The van der Waals surface area contributed by atoms with Crippen LogP contribution >= 0.6 is 11.6 Å². The number of carbonyl (C=O) groups excluding carboxylic acids is 1. The monoisotopic (exact) mass is 386 g/mol. The fourth-order valence-electron chi connectivity index (χ4n) is 3.52. The molecular formula is C17H23ClN2O4S. The minimum absolute atomic E-state index is 0.00439. The van der Waals surface area contributed by atoms with Crippen molar-refractivity contribution in [1.29, 1.82) is 0 Å². The molecule has 1 aromatic carbocycles. The second kappa shape index (κ2) is 8.03. The number of hydrogen-bond donors (Lipinski definition) is 1. The molecule has 0 radical (unpaired) electrons. The van der Waals surface area contributed by atoms with E-state index < -0.39 is 9.84 Å². The third-order valence-corrected chi connectivity index (χ3v) is 6.81. The van der Waals surface area contributed by atoms with Gasteiger partial charge in [-0.25, -0.2) is 8.42 Å². The van der Waals surface area contributed by atoms with Gasteiger partial charge in [0.25, 0.3) is 0 Å². The van der Waals surface area contributed by atoms with Gasteiger partial charge in [-0.2, -0.15) is 0 Å². The molecule has 2 heterocycles. The van der Waals surface area contributed by atoms with E-state index in [9.17, 15) is 13.2 Å². The van der Waals surface area contributed by atoms with E-state index in [1.54, 1.807) is 6.07 Å². The lowest BCUT2D eigenvalue weighted by molar-refractivity contribution is -0.127. The minimum Gasteiger partial charge on any atom is -0.367 e. The zero-order valence-corrected chi connectivity index (χ0v) is 15.6. The van der Waals surface area contributed by atoms with Crippen LogP contribution in [-0.4, -0.2) is 62.5 Å². The molecule has 2 unspecified atom stereocenters. The molecule has 0 saturated carbocycles. The normalized spacial score (nSPS) is 26.0. The van der Waals surface area contributed by atoms with E-state index in [-0.39, 0.29) is 42.7 Å². The molecule has 1 amide bonds. The molecule has 2 aliphatic heterocycles. The number of amides is 1. The number of halogens is 1. The number of benzene rings is 1. The smallest absolute Gasteiger partial charge is 0.246 e. The summed E-state index contributed by atoms with van der Waals surface area (Å²) in [5.74, 6) is -0.165. The van der Waals surface area contributed by atoms with Gasteiger partial charge in [0.15, 0.2) is 9.84 Å². The third-order valence-electron chi connectivity index (χ3n) is 4.73. The van der Waals surface area contributed by atoms with Crippen molar-refractivity contribution in [2.45, 2.75) is 31.5 Å². The average Bonchev–Trinajstić information content (AvgIpc) is 3.17. The average molecular weight is 387 g/mol. The van der Waals surface area contributed by atoms with Crippen LogP contribution in [0, 0.1) is 0 Å². The van der Waals surface area contributed by atoms with Crippen molar-refractivity contribution < 1.29 is 17.9 Å². The number of ether oxygens (including phenoxy) is 1. The zero-order chi connectivity index (χ0) is 17.9. The predicted molar refractivity (Wildman–Crippen MR) is 96.3 cm³/mol. The lowest BCUT2D eigenvalue weighted by atomic mass is 10.1. The van der Waals surface area contributed by atoms with Gasteiger partial charge in [0.2, 0.25) is 5.91 Å². The molecule has 6 nitrogen and oxygen atoms in total. The number of rotatable bonds is 6. The first kappa shape index (κ1) is 18.6. The number of likely N-dealkylation sites (tertiary alicyclic amines) is 1. The van der Waals surface area contributed by atoms with E-state index in [1.165, 1.54) is 0 Å². The van der Waals surface area contributed by atoms with Crippen molar-refractivity contribution >= 4 is 27.3 Å². The molecule has 25 heavy (non-hydrogen) atoms. The van der Waals surface area contributed by atoms with E-state index in [2.05, 4.69) is 10.2 Å². The SMILES string of the molecule is O=C(COCc1ccccc1Cl)NC1CS(=O)(=O)CC1N1CCCC1. The van der Waals surface area contributed by atoms with Crippen LogP contribution in [-0.2, 0) is 26.0 Å². The molecule has 0 aromatic heterocycles. The van der Waals surface area contributed by atoms with Crippen LogP contribution < -0.4 is 5.32 Å². The summed E-state index contributed by atoms with van der Waals surface area (Å²) in [6.07, 6.45) is 2.16. The molecule has 8 heteroatoms. The Morgan fingerprint density at radius 3 is 2.68 bits per heavy atom. The lowest BCUT2D eigenvalue weighted by Crippen LogP contribution is -2.51. The summed E-state index contributed by atoms with van der Waals surface area (Å²) in [4.78, 5) is 14.3. The van der Waals surface area contributed by atoms with Crippen molar-refractivity contribution in [1.82, 2.24) is 10.2 Å². The molecular weight excluding hydrogens is 364 g/mol. The highest BCUT2D eigenvalue weighted by Gasteiger charge is 2.42. The maximum atomic E-state index is 12.2. The number of hydrogen-bond acceptors (Lipinski definition) is 5. The predicted octanol–water partition coefficient (Wildman–Crippen LogP) is 1.23. The van der Waals surface area contributed by atoms with Gasteiger partial charge in [0, 0.05) is 11.1 Å². The zero-order valence-electron chi connectivity index (χ0n) is 14.0. The Morgan fingerprint density at radius 2 is 1.96 bits per heavy atom. The maximum Gasteiger partial charge on any atom is 0.246 e. The van der Waals surface area contributed by atoms with Gasteiger partial charge in [0.05, 0.1) is 24.2 Å². The second-order valence-electron chi connectivity index (χ2n) is 6.65. The molecule has 2 atom stereocenters. The van der Waals surface area contributed by atoms with Crippen LogP contribution in [0.15, 0.2) is 24.3 Å². The summed E-state index contributed by atoms with van der Waals surface area (Å²) in [5.41, 5.74) is 0.815. The van der Waals surface area contributed by atoms with Gasteiger partial charge in [0.1, 0.15) is 6.61 Å². The first-order chi connectivity index (χ1) is 11.9. The quantitative estimate of drug-likeness (QED) is 0.796. The van der Waals surface area contributed by atoms with Crippen LogP contribution in [0.4, 0.5) is 0 Å². The highest BCUT2D eigenvalue weighted by atomic mass is 35.5. The Morgan fingerprint density at radius 1 is 1.24 bits per heavy atom.